The maximum absolute atomic E-state index is 6.18. The van der Waals surface area contributed by atoms with Gasteiger partial charge in [0.05, 0.1) is 23.1 Å². The van der Waals surface area contributed by atoms with Gasteiger partial charge in [-0.05, 0) is 65.5 Å². The number of aromatic nitrogens is 3. The summed E-state index contributed by atoms with van der Waals surface area (Å²) in [5.41, 5.74) is 9.57. The minimum atomic E-state index is 0.345. The van der Waals surface area contributed by atoms with Crippen molar-refractivity contribution in [2.24, 2.45) is 0 Å². The van der Waals surface area contributed by atoms with Gasteiger partial charge in [0.1, 0.15) is 5.82 Å². The predicted molar refractivity (Wildman–Crippen MR) is 120 cm³/mol. The Labute approximate surface area is 180 Å². The molecular formula is C22H28BrN5O. The molecule has 0 saturated carbocycles. The van der Waals surface area contributed by atoms with E-state index in [0.717, 1.165) is 35.0 Å². The minimum absolute atomic E-state index is 0.345. The number of nitrogen functional groups attached to an aromatic ring is 1. The Morgan fingerprint density at radius 1 is 1.10 bits per heavy atom. The zero-order valence-electron chi connectivity index (χ0n) is 16.9. The number of hydrogen-bond donors (Lipinski definition) is 1. The van der Waals surface area contributed by atoms with Crippen LogP contribution in [0.2, 0.25) is 0 Å². The fourth-order valence-electron chi connectivity index (χ4n) is 3.83. The molecule has 0 aliphatic carbocycles. The van der Waals surface area contributed by atoms with Crippen molar-refractivity contribution in [2.75, 3.05) is 25.4 Å². The number of nitrogens with two attached hydrogens (primary N) is 1. The SMILES string of the molecule is CCCCOc1nc(N)c2cc(Br)n(Cc3cccc(CN4CCCC4)c3)c2n1. The topological polar surface area (TPSA) is 69.2 Å². The van der Waals surface area contributed by atoms with E-state index in [-0.39, 0.29) is 0 Å². The van der Waals surface area contributed by atoms with E-state index in [0.29, 0.717) is 25.0 Å². The van der Waals surface area contributed by atoms with Crippen molar-refractivity contribution in [3.05, 3.63) is 46.1 Å². The van der Waals surface area contributed by atoms with Gasteiger partial charge in [0.2, 0.25) is 0 Å². The summed E-state index contributed by atoms with van der Waals surface area (Å²) in [7, 11) is 0. The fourth-order valence-corrected chi connectivity index (χ4v) is 4.35. The van der Waals surface area contributed by atoms with Crippen molar-refractivity contribution in [1.82, 2.24) is 19.4 Å². The summed E-state index contributed by atoms with van der Waals surface area (Å²) in [5, 5.41) is 0.841. The van der Waals surface area contributed by atoms with Crippen molar-refractivity contribution in [3.63, 3.8) is 0 Å². The highest BCUT2D eigenvalue weighted by Gasteiger charge is 2.16. The van der Waals surface area contributed by atoms with E-state index in [1.807, 2.05) is 6.07 Å². The van der Waals surface area contributed by atoms with Gasteiger partial charge in [-0.1, -0.05) is 37.6 Å². The number of unbranched alkanes of at least 4 members (excludes halogenated alkanes) is 1. The lowest BCUT2D eigenvalue weighted by atomic mass is 10.1. The Morgan fingerprint density at radius 2 is 1.86 bits per heavy atom. The first-order valence-electron chi connectivity index (χ1n) is 10.4. The molecule has 154 valence electrons. The third kappa shape index (κ3) is 4.73. The number of rotatable bonds is 8. The van der Waals surface area contributed by atoms with E-state index in [2.05, 4.69) is 66.6 Å². The highest BCUT2D eigenvalue weighted by molar-refractivity contribution is 9.10. The smallest absolute Gasteiger partial charge is 0.320 e. The second-order valence-corrected chi connectivity index (χ2v) is 8.50. The average Bonchev–Trinajstić information content (AvgIpc) is 3.32. The molecular weight excluding hydrogens is 430 g/mol. The van der Waals surface area contributed by atoms with Crippen molar-refractivity contribution in [2.45, 2.75) is 45.7 Å². The van der Waals surface area contributed by atoms with Crippen LogP contribution in [0.25, 0.3) is 11.0 Å². The molecule has 29 heavy (non-hydrogen) atoms. The summed E-state index contributed by atoms with van der Waals surface area (Å²) in [6.07, 6.45) is 4.65. The molecule has 0 atom stereocenters. The number of ether oxygens (including phenoxy) is 1. The Bertz CT molecular complexity index is 981. The first-order chi connectivity index (χ1) is 14.1. The van der Waals surface area contributed by atoms with Crippen LogP contribution in [0.3, 0.4) is 0 Å². The summed E-state index contributed by atoms with van der Waals surface area (Å²) in [5.74, 6) is 0.448. The lowest BCUT2D eigenvalue weighted by molar-refractivity contribution is 0.286. The first kappa shape index (κ1) is 20.2. The first-order valence-corrected chi connectivity index (χ1v) is 11.2. The van der Waals surface area contributed by atoms with Crippen molar-refractivity contribution in [1.29, 1.82) is 0 Å². The molecule has 3 aromatic rings. The van der Waals surface area contributed by atoms with Gasteiger partial charge >= 0.3 is 6.01 Å². The zero-order valence-corrected chi connectivity index (χ0v) is 18.5. The Morgan fingerprint density at radius 3 is 2.62 bits per heavy atom. The van der Waals surface area contributed by atoms with E-state index in [4.69, 9.17) is 10.5 Å². The van der Waals surface area contributed by atoms with Crippen LogP contribution in [0.5, 0.6) is 6.01 Å². The van der Waals surface area contributed by atoms with E-state index >= 15 is 0 Å². The van der Waals surface area contributed by atoms with Gasteiger partial charge in [-0.2, -0.15) is 9.97 Å². The number of nitrogens with zero attached hydrogens (tertiary/aromatic N) is 4. The maximum Gasteiger partial charge on any atom is 0.320 e. The summed E-state index contributed by atoms with van der Waals surface area (Å²) in [4.78, 5) is 11.5. The van der Waals surface area contributed by atoms with Crippen molar-refractivity contribution in [3.8, 4) is 6.01 Å². The largest absolute Gasteiger partial charge is 0.463 e. The third-order valence-corrected chi connectivity index (χ3v) is 6.03. The molecule has 3 heterocycles. The van der Waals surface area contributed by atoms with Gasteiger partial charge in [0, 0.05) is 6.54 Å². The maximum atomic E-state index is 6.18. The number of likely N-dealkylation sites (tertiary alicyclic amines) is 1. The summed E-state index contributed by atoms with van der Waals surface area (Å²) >= 11 is 3.67. The van der Waals surface area contributed by atoms with Crippen LogP contribution in [0.15, 0.2) is 34.9 Å². The standard InChI is InChI=1S/C22H28BrN5O/c1-2-3-11-29-22-25-20(24)18-13-19(23)28(21(18)26-22)15-17-8-6-7-16(12-17)14-27-9-4-5-10-27/h6-8,12-13H,2-5,9-11,14-15H2,1H3,(H2,24,25,26). The molecule has 2 aromatic heterocycles. The van der Waals surface area contributed by atoms with Crippen LogP contribution in [0.1, 0.15) is 43.7 Å². The van der Waals surface area contributed by atoms with Crippen molar-refractivity contribution < 1.29 is 4.74 Å². The molecule has 1 saturated heterocycles. The zero-order chi connectivity index (χ0) is 20.2. The Kier molecular flexibility index (Phi) is 6.35. The summed E-state index contributed by atoms with van der Waals surface area (Å²) in [6.45, 7) is 6.86. The second kappa shape index (κ2) is 9.13. The molecule has 0 radical (unpaired) electrons. The van der Waals surface area contributed by atoms with Crippen molar-refractivity contribution >= 4 is 32.8 Å². The van der Waals surface area contributed by atoms with Crippen LogP contribution in [-0.4, -0.2) is 39.1 Å². The lowest BCUT2D eigenvalue weighted by Gasteiger charge is -2.15. The molecule has 0 unspecified atom stereocenters. The number of hydrogen-bond acceptors (Lipinski definition) is 5. The lowest BCUT2D eigenvalue weighted by Crippen LogP contribution is -2.18. The monoisotopic (exact) mass is 457 g/mol. The van der Waals surface area contributed by atoms with Gasteiger partial charge in [-0.3, -0.25) is 4.90 Å². The van der Waals surface area contributed by atoms with E-state index in [1.54, 1.807) is 0 Å². The highest BCUT2D eigenvalue weighted by Crippen LogP contribution is 2.29. The van der Waals surface area contributed by atoms with E-state index < -0.39 is 0 Å². The predicted octanol–water partition coefficient (Wildman–Crippen LogP) is 4.60. The quantitative estimate of drug-likeness (QED) is 0.500. The van der Waals surface area contributed by atoms with E-state index in [1.165, 1.54) is 37.1 Å². The number of halogens is 1. The minimum Gasteiger partial charge on any atom is -0.463 e. The highest BCUT2D eigenvalue weighted by atomic mass is 79.9. The molecule has 4 rings (SSSR count). The average molecular weight is 458 g/mol. The molecule has 6 nitrogen and oxygen atoms in total. The number of anilines is 1. The van der Waals surface area contributed by atoms with Crippen LogP contribution in [-0.2, 0) is 13.1 Å². The van der Waals surface area contributed by atoms with Gasteiger partial charge in [0.25, 0.3) is 0 Å². The molecule has 1 aliphatic heterocycles. The fraction of sp³-hybridized carbons (Fsp3) is 0.455. The molecule has 1 aliphatic rings. The summed E-state index contributed by atoms with van der Waals surface area (Å²) < 4.78 is 8.76. The Balaban J connectivity index is 1.59. The Hall–Kier alpha value is -2.12. The molecule has 7 heteroatoms. The molecule has 2 N–H and O–H groups in total. The van der Waals surface area contributed by atoms with Gasteiger partial charge < -0.3 is 15.0 Å². The molecule has 1 aromatic carbocycles. The van der Waals surface area contributed by atoms with E-state index in [9.17, 15) is 0 Å². The van der Waals surface area contributed by atoms with Crippen LogP contribution in [0, 0.1) is 0 Å². The third-order valence-electron chi connectivity index (χ3n) is 5.38. The molecule has 0 amide bonds. The molecule has 0 bridgehead atoms. The molecule has 0 spiro atoms. The van der Waals surface area contributed by atoms with Crippen LogP contribution >= 0.6 is 15.9 Å². The number of fused-ring (bicyclic) bond motifs is 1. The molecule has 1 fully saturated rings. The summed E-state index contributed by atoms with van der Waals surface area (Å²) in [6, 6.07) is 11.1. The van der Waals surface area contributed by atoms with Gasteiger partial charge in [-0.25, -0.2) is 0 Å². The van der Waals surface area contributed by atoms with Gasteiger partial charge in [0.15, 0.2) is 5.65 Å². The van der Waals surface area contributed by atoms with Crippen LogP contribution in [0.4, 0.5) is 5.82 Å². The van der Waals surface area contributed by atoms with Gasteiger partial charge in [-0.15, -0.1) is 0 Å². The van der Waals surface area contributed by atoms with Crippen LogP contribution < -0.4 is 10.5 Å². The number of benzene rings is 1. The second-order valence-electron chi connectivity index (χ2n) is 7.69. The normalized spacial score (nSPS) is 14.7.